The summed E-state index contributed by atoms with van der Waals surface area (Å²) >= 11 is 0. The first-order valence-corrected chi connectivity index (χ1v) is 9.94. The molecule has 0 saturated heterocycles. The summed E-state index contributed by atoms with van der Waals surface area (Å²) in [7, 11) is 0. The first-order chi connectivity index (χ1) is 14.2. The minimum Gasteiger partial charge on any atom is -0.478 e. The number of benzene rings is 2. The highest BCUT2D eigenvalue weighted by atomic mass is 19.1. The molecule has 0 aliphatic heterocycles. The molecule has 30 heavy (non-hydrogen) atoms. The van der Waals surface area contributed by atoms with Gasteiger partial charge in [-0.15, -0.1) is 0 Å². The van der Waals surface area contributed by atoms with Gasteiger partial charge in [0.1, 0.15) is 11.5 Å². The number of aromatic carboxylic acids is 1. The van der Waals surface area contributed by atoms with Crippen LogP contribution in [0.2, 0.25) is 0 Å². The van der Waals surface area contributed by atoms with Crippen molar-refractivity contribution in [1.82, 2.24) is 0 Å². The van der Waals surface area contributed by atoms with Gasteiger partial charge >= 0.3 is 5.97 Å². The van der Waals surface area contributed by atoms with Crippen LogP contribution in [-0.4, -0.2) is 22.0 Å². The van der Waals surface area contributed by atoms with E-state index >= 15 is 0 Å². The average molecular weight is 407 g/mol. The summed E-state index contributed by atoms with van der Waals surface area (Å²) in [6.45, 7) is 8.76. The van der Waals surface area contributed by atoms with E-state index < -0.39 is 11.8 Å². The number of allylic oxidation sites excluding steroid dienone is 3. The van der Waals surface area contributed by atoms with E-state index in [0.717, 1.165) is 24.5 Å². The molecule has 0 aromatic heterocycles. The summed E-state index contributed by atoms with van der Waals surface area (Å²) in [6, 6.07) is 9.69. The number of oxime groups is 1. The van der Waals surface area contributed by atoms with Crippen molar-refractivity contribution in [1.29, 1.82) is 0 Å². The second kappa shape index (κ2) is 8.27. The van der Waals surface area contributed by atoms with Gasteiger partial charge in [0.25, 0.3) is 0 Å². The van der Waals surface area contributed by atoms with Crippen molar-refractivity contribution < 1.29 is 19.5 Å². The van der Waals surface area contributed by atoms with Crippen molar-refractivity contribution in [3.05, 3.63) is 81.7 Å². The van der Waals surface area contributed by atoms with Crippen molar-refractivity contribution in [3.63, 3.8) is 0 Å². The van der Waals surface area contributed by atoms with Gasteiger partial charge in [-0.05, 0) is 65.3 Å². The van der Waals surface area contributed by atoms with Gasteiger partial charge in [0, 0.05) is 11.1 Å². The quantitative estimate of drug-likeness (QED) is 0.353. The maximum Gasteiger partial charge on any atom is 0.335 e. The van der Waals surface area contributed by atoms with Crippen LogP contribution in [-0.2, 0) is 6.42 Å². The van der Waals surface area contributed by atoms with Crippen LogP contribution in [0.25, 0.3) is 11.6 Å². The number of rotatable bonds is 5. The molecule has 1 aliphatic rings. The Morgan fingerprint density at radius 3 is 2.43 bits per heavy atom. The Hall–Kier alpha value is -3.21. The lowest BCUT2D eigenvalue weighted by Gasteiger charge is -2.24. The van der Waals surface area contributed by atoms with E-state index in [0.29, 0.717) is 5.71 Å². The SMILES string of the molecule is CCC1=C(C(C)(C)C)c2cc(C(/C=C/c3ccc(C(=O)O)cc3F)=N/O)ccc2C1. The highest BCUT2D eigenvalue weighted by Crippen LogP contribution is 2.45. The molecule has 0 atom stereocenters. The number of hydrogen-bond acceptors (Lipinski definition) is 3. The predicted molar refractivity (Wildman–Crippen MR) is 118 cm³/mol. The molecule has 0 saturated carbocycles. The van der Waals surface area contributed by atoms with E-state index in [1.165, 1.54) is 46.6 Å². The molecule has 0 spiro atoms. The molecular weight excluding hydrogens is 381 g/mol. The van der Waals surface area contributed by atoms with E-state index in [4.69, 9.17) is 5.11 Å². The number of hydrogen-bond donors (Lipinski definition) is 2. The Balaban J connectivity index is 1.96. The Morgan fingerprint density at radius 1 is 1.17 bits per heavy atom. The van der Waals surface area contributed by atoms with Crippen LogP contribution in [0.1, 0.15) is 66.7 Å². The van der Waals surface area contributed by atoms with Crippen molar-refractivity contribution in [3.8, 4) is 0 Å². The molecule has 0 fully saturated rings. The van der Waals surface area contributed by atoms with Crippen LogP contribution < -0.4 is 0 Å². The highest BCUT2D eigenvalue weighted by Gasteiger charge is 2.29. The fourth-order valence-electron chi connectivity index (χ4n) is 4.02. The summed E-state index contributed by atoms with van der Waals surface area (Å²) in [6.07, 6.45) is 4.92. The number of fused-ring (bicyclic) bond motifs is 1. The van der Waals surface area contributed by atoms with Gasteiger partial charge in [-0.2, -0.15) is 0 Å². The molecule has 5 heteroatoms. The van der Waals surface area contributed by atoms with Crippen LogP contribution in [0.3, 0.4) is 0 Å². The Kier molecular flexibility index (Phi) is 5.92. The van der Waals surface area contributed by atoms with Crippen LogP contribution in [0.5, 0.6) is 0 Å². The molecular formula is C25H26FNO3. The van der Waals surface area contributed by atoms with Gasteiger partial charge in [0.15, 0.2) is 0 Å². The zero-order chi connectivity index (χ0) is 22.1. The third-order valence-corrected chi connectivity index (χ3v) is 5.39. The normalized spacial score (nSPS) is 14.5. The maximum absolute atomic E-state index is 14.2. The van der Waals surface area contributed by atoms with E-state index in [1.807, 2.05) is 12.1 Å². The summed E-state index contributed by atoms with van der Waals surface area (Å²) in [4.78, 5) is 11.0. The van der Waals surface area contributed by atoms with Crippen molar-refractivity contribution in [2.24, 2.45) is 10.6 Å². The molecule has 0 heterocycles. The van der Waals surface area contributed by atoms with Crippen LogP contribution in [0.15, 0.2) is 53.2 Å². The lowest BCUT2D eigenvalue weighted by Crippen LogP contribution is -2.09. The number of carbonyl (C=O) groups is 1. The van der Waals surface area contributed by atoms with Crippen LogP contribution in [0, 0.1) is 11.2 Å². The van der Waals surface area contributed by atoms with Crippen LogP contribution >= 0.6 is 0 Å². The molecule has 0 radical (unpaired) electrons. The van der Waals surface area contributed by atoms with Gasteiger partial charge in [0.05, 0.1) is 5.56 Å². The zero-order valence-corrected chi connectivity index (χ0v) is 17.7. The minimum atomic E-state index is -1.19. The smallest absolute Gasteiger partial charge is 0.335 e. The number of halogens is 1. The predicted octanol–water partition coefficient (Wildman–Crippen LogP) is 6.18. The topological polar surface area (TPSA) is 69.9 Å². The molecule has 0 bridgehead atoms. The first-order valence-electron chi connectivity index (χ1n) is 9.94. The Morgan fingerprint density at radius 2 is 1.87 bits per heavy atom. The summed E-state index contributed by atoms with van der Waals surface area (Å²) in [5, 5.41) is 21.9. The number of nitrogens with zero attached hydrogens (tertiary/aromatic N) is 1. The van der Waals surface area contributed by atoms with Crippen molar-refractivity contribution in [2.75, 3.05) is 0 Å². The molecule has 156 valence electrons. The molecule has 1 aliphatic carbocycles. The van der Waals surface area contributed by atoms with Gasteiger partial charge in [-0.3, -0.25) is 0 Å². The highest BCUT2D eigenvalue weighted by molar-refractivity contribution is 6.11. The largest absolute Gasteiger partial charge is 0.478 e. The van der Waals surface area contributed by atoms with Gasteiger partial charge in [-0.25, -0.2) is 9.18 Å². The third-order valence-electron chi connectivity index (χ3n) is 5.39. The average Bonchev–Trinajstić information content (AvgIpc) is 3.07. The third kappa shape index (κ3) is 4.20. The lowest BCUT2D eigenvalue weighted by atomic mass is 9.81. The maximum atomic E-state index is 14.2. The van der Waals surface area contributed by atoms with Gasteiger partial charge in [-0.1, -0.05) is 56.6 Å². The fourth-order valence-corrected chi connectivity index (χ4v) is 4.02. The minimum absolute atomic E-state index is 0.00338. The molecule has 2 aromatic carbocycles. The number of carboxylic acid groups (broad SMARTS) is 1. The number of carboxylic acids is 1. The van der Waals surface area contributed by atoms with Gasteiger partial charge in [0.2, 0.25) is 0 Å². The fraction of sp³-hybridized carbons (Fsp3) is 0.280. The molecule has 2 aromatic rings. The lowest BCUT2D eigenvalue weighted by molar-refractivity contribution is 0.0696. The van der Waals surface area contributed by atoms with Crippen molar-refractivity contribution in [2.45, 2.75) is 40.5 Å². The molecule has 0 amide bonds. The van der Waals surface area contributed by atoms with E-state index in [-0.39, 0.29) is 16.5 Å². The van der Waals surface area contributed by atoms with Crippen LogP contribution in [0.4, 0.5) is 4.39 Å². The van der Waals surface area contributed by atoms with E-state index in [1.54, 1.807) is 0 Å². The Bertz CT molecular complexity index is 1090. The zero-order valence-electron chi connectivity index (χ0n) is 17.7. The monoisotopic (exact) mass is 407 g/mol. The summed E-state index contributed by atoms with van der Waals surface area (Å²) in [5.74, 6) is -1.84. The second-order valence-electron chi connectivity index (χ2n) is 8.49. The molecule has 2 N–H and O–H groups in total. The van der Waals surface area contributed by atoms with Crippen molar-refractivity contribution >= 4 is 23.3 Å². The van der Waals surface area contributed by atoms with E-state index in [2.05, 4.69) is 38.9 Å². The van der Waals surface area contributed by atoms with Gasteiger partial charge < -0.3 is 10.3 Å². The first kappa shape index (κ1) is 21.5. The second-order valence-corrected chi connectivity index (χ2v) is 8.49. The van der Waals surface area contributed by atoms with E-state index in [9.17, 15) is 14.4 Å². The summed E-state index contributed by atoms with van der Waals surface area (Å²) in [5.41, 5.74) is 6.31. The molecule has 3 rings (SSSR count). The molecule has 0 unspecified atom stereocenters. The summed E-state index contributed by atoms with van der Waals surface area (Å²) < 4.78 is 14.2. The molecule has 4 nitrogen and oxygen atoms in total. The standard InChI is InChI=1S/C25H26FNO3/c1-5-15-12-17-7-8-18(13-20(17)23(15)25(2,3)4)22(27-30)11-10-16-6-9-19(24(28)29)14-21(16)26/h6-11,13-14,30H,5,12H2,1-4H3,(H,28,29)/b11-10+,27-22+. The Labute approximate surface area is 176 Å².